The van der Waals surface area contributed by atoms with Crippen molar-refractivity contribution in [3.05, 3.63) is 53.6 Å². The Morgan fingerprint density at radius 3 is 2.56 bits per heavy atom. The third-order valence-electron chi connectivity index (χ3n) is 4.62. The fraction of sp³-hybridized carbons (Fsp3) is 0.350. The maximum absolute atomic E-state index is 12.9. The number of rotatable bonds is 4. The molecule has 25 heavy (non-hydrogen) atoms. The summed E-state index contributed by atoms with van der Waals surface area (Å²) in [6.45, 7) is 2.81. The number of hydrogen-bond acceptors (Lipinski definition) is 3. The van der Waals surface area contributed by atoms with E-state index < -0.39 is 0 Å². The number of likely N-dealkylation sites (tertiary alicyclic amines) is 1. The molecule has 1 heterocycles. The van der Waals surface area contributed by atoms with Gasteiger partial charge < -0.3 is 19.7 Å². The van der Waals surface area contributed by atoms with Gasteiger partial charge in [0.05, 0.1) is 25.9 Å². The van der Waals surface area contributed by atoms with Crippen LogP contribution in [0.5, 0.6) is 11.5 Å². The SMILES string of the molecule is COc1ccc(OC)c(NC(=O)N2CCC[C@@H]2c2ccc(C)cc2)c1. The number of aryl methyl sites for hydroxylation is 1. The average Bonchev–Trinajstić information content (AvgIpc) is 3.12. The van der Waals surface area contributed by atoms with E-state index in [1.54, 1.807) is 32.4 Å². The summed E-state index contributed by atoms with van der Waals surface area (Å²) in [7, 11) is 3.18. The molecule has 1 atom stereocenters. The van der Waals surface area contributed by atoms with Gasteiger partial charge in [0, 0.05) is 12.6 Å². The molecule has 0 radical (unpaired) electrons. The topological polar surface area (TPSA) is 50.8 Å². The molecule has 5 nitrogen and oxygen atoms in total. The smallest absolute Gasteiger partial charge is 0.322 e. The lowest BCUT2D eigenvalue weighted by molar-refractivity contribution is 0.207. The molecule has 5 heteroatoms. The summed E-state index contributed by atoms with van der Waals surface area (Å²) in [4.78, 5) is 14.7. The van der Waals surface area contributed by atoms with Gasteiger partial charge in [0.25, 0.3) is 0 Å². The van der Waals surface area contributed by atoms with Crippen LogP contribution in [0, 0.1) is 6.92 Å². The van der Waals surface area contributed by atoms with Crippen molar-refractivity contribution in [1.29, 1.82) is 0 Å². The minimum atomic E-state index is -0.116. The fourth-order valence-corrected chi connectivity index (χ4v) is 3.24. The zero-order chi connectivity index (χ0) is 17.8. The predicted molar refractivity (Wildman–Crippen MR) is 98.4 cm³/mol. The number of benzene rings is 2. The number of nitrogens with one attached hydrogen (secondary N) is 1. The molecule has 0 unspecified atom stereocenters. The van der Waals surface area contributed by atoms with Gasteiger partial charge in [-0.3, -0.25) is 0 Å². The molecule has 1 saturated heterocycles. The molecule has 0 bridgehead atoms. The number of amides is 2. The molecule has 1 fully saturated rings. The van der Waals surface area contributed by atoms with Crippen molar-refractivity contribution >= 4 is 11.7 Å². The lowest BCUT2D eigenvalue weighted by atomic mass is 10.0. The van der Waals surface area contributed by atoms with Crippen molar-refractivity contribution < 1.29 is 14.3 Å². The first-order valence-corrected chi connectivity index (χ1v) is 8.48. The van der Waals surface area contributed by atoms with E-state index in [0.29, 0.717) is 17.2 Å². The Kier molecular flexibility index (Phi) is 5.12. The van der Waals surface area contributed by atoms with Crippen LogP contribution in [0.4, 0.5) is 10.5 Å². The first-order valence-electron chi connectivity index (χ1n) is 8.48. The first-order chi connectivity index (χ1) is 12.1. The number of nitrogens with zero attached hydrogens (tertiary/aromatic N) is 1. The number of hydrogen-bond donors (Lipinski definition) is 1. The molecule has 2 aromatic rings. The average molecular weight is 340 g/mol. The van der Waals surface area contributed by atoms with Crippen molar-refractivity contribution in [2.75, 3.05) is 26.1 Å². The molecule has 1 N–H and O–H groups in total. The summed E-state index contributed by atoms with van der Waals surface area (Å²) in [5, 5.41) is 2.97. The number of urea groups is 1. The molecule has 2 amide bonds. The predicted octanol–water partition coefficient (Wildman–Crippen LogP) is 4.38. The number of ether oxygens (including phenoxy) is 2. The van der Waals surface area contributed by atoms with E-state index >= 15 is 0 Å². The Balaban J connectivity index is 1.79. The molecular weight excluding hydrogens is 316 g/mol. The molecular formula is C20H24N2O3. The highest BCUT2D eigenvalue weighted by atomic mass is 16.5. The molecule has 3 rings (SSSR count). The zero-order valence-electron chi connectivity index (χ0n) is 14.9. The highest BCUT2D eigenvalue weighted by Crippen LogP contribution is 2.34. The van der Waals surface area contributed by atoms with Crippen LogP contribution < -0.4 is 14.8 Å². The minimum Gasteiger partial charge on any atom is -0.497 e. The van der Waals surface area contributed by atoms with Crippen LogP contribution in [-0.4, -0.2) is 31.7 Å². The Hall–Kier alpha value is -2.69. The number of carbonyl (C=O) groups excluding carboxylic acids is 1. The quantitative estimate of drug-likeness (QED) is 0.898. The van der Waals surface area contributed by atoms with Gasteiger partial charge in [-0.2, -0.15) is 0 Å². The molecule has 2 aromatic carbocycles. The van der Waals surface area contributed by atoms with Gasteiger partial charge in [0.2, 0.25) is 0 Å². The second-order valence-corrected chi connectivity index (χ2v) is 6.26. The van der Waals surface area contributed by atoms with E-state index in [1.807, 2.05) is 4.90 Å². The normalized spacial score (nSPS) is 16.6. The van der Waals surface area contributed by atoms with Crippen LogP contribution in [0.3, 0.4) is 0 Å². The van der Waals surface area contributed by atoms with Gasteiger partial charge in [-0.05, 0) is 37.5 Å². The van der Waals surface area contributed by atoms with Crippen LogP contribution in [0.25, 0.3) is 0 Å². The monoisotopic (exact) mass is 340 g/mol. The highest BCUT2D eigenvalue weighted by molar-refractivity contribution is 5.91. The Bertz CT molecular complexity index is 743. The van der Waals surface area contributed by atoms with E-state index in [4.69, 9.17) is 9.47 Å². The fourth-order valence-electron chi connectivity index (χ4n) is 3.24. The molecule has 1 aliphatic rings. The molecule has 0 saturated carbocycles. The third kappa shape index (κ3) is 3.71. The Morgan fingerprint density at radius 2 is 1.88 bits per heavy atom. The second kappa shape index (κ2) is 7.47. The van der Waals surface area contributed by atoms with Crippen LogP contribution in [0.1, 0.15) is 30.0 Å². The van der Waals surface area contributed by atoms with Crippen molar-refractivity contribution in [3.8, 4) is 11.5 Å². The zero-order valence-corrected chi connectivity index (χ0v) is 14.9. The van der Waals surface area contributed by atoms with Crippen LogP contribution in [-0.2, 0) is 0 Å². The second-order valence-electron chi connectivity index (χ2n) is 6.26. The van der Waals surface area contributed by atoms with Gasteiger partial charge in [0.1, 0.15) is 11.5 Å². The van der Waals surface area contributed by atoms with Crippen LogP contribution >= 0.6 is 0 Å². The maximum atomic E-state index is 12.9. The van der Waals surface area contributed by atoms with Gasteiger partial charge >= 0.3 is 6.03 Å². The molecule has 0 spiro atoms. The minimum absolute atomic E-state index is 0.109. The number of methoxy groups -OCH3 is 2. The maximum Gasteiger partial charge on any atom is 0.322 e. The van der Waals surface area contributed by atoms with Crippen molar-refractivity contribution in [1.82, 2.24) is 4.90 Å². The van der Waals surface area contributed by atoms with E-state index in [9.17, 15) is 4.79 Å². The third-order valence-corrected chi connectivity index (χ3v) is 4.62. The first kappa shape index (κ1) is 17.1. The lowest BCUT2D eigenvalue weighted by Gasteiger charge is -2.26. The van der Waals surface area contributed by atoms with E-state index in [-0.39, 0.29) is 12.1 Å². The van der Waals surface area contributed by atoms with Gasteiger partial charge in [-0.25, -0.2) is 4.79 Å². The molecule has 0 aliphatic carbocycles. The summed E-state index contributed by atoms with van der Waals surface area (Å²) in [6, 6.07) is 13.8. The molecule has 0 aromatic heterocycles. The van der Waals surface area contributed by atoms with Crippen LogP contribution in [0.15, 0.2) is 42.5 Å². The van der Waals surface area contributed by atoms with E-state index in [0.717, 1.165) is 19.4 Å². The Morgan fingerprint density at radius 1 is 1.12 bits per heavy atom. The summed E-state index contributed by atoms with van der Waals surface area (Å²) < 4.78 is 10.6. The Labute approximate surface area is 148 Å². The standard InChI is InChI=1S/C20H24N2O3/c1-14-6-8-15(9-7-14)18-5-4-12-22(18)20(23)21-17-13-16(24-2)10-11-19(17)25-3/h6-11,13,18H,4-5,12H2,1-3H3,(H,21,23)/t18-/m1/s1. The summed E-state index contributed by atoms with van der Waals surface area (Å²) >= 11 is 0. The van der Waals surface area contributed by atoms with Gasteiger partial charge in [0.15, 0.2) is 0 Å². The number of carbonyl (C=O) groups is 1. The summed E-state index contributed by atoms with van der Waals surface area (Å²) in [6.07, 6.45) is 1.98. The van der Waals surface area contributed by atoms with Crippen molar-refractivity contribution in [3.63, 3.8) is 0 Å². The van der Waals surface area contributed by atoms with Crippen LogP contribution in [0.2, 0.25) is 0 Å². The van der Waals surface area contributed by atoms with E-state index in [2.05, 4.69) is 36.5 Å². The summed E-state index contributed by atoms with van der Waals surface area (Å²) in [5.41, 5.74) is 3.01. The highest BCUT2D eigenvalue weighted by Gasteiger charge is 2.30. The summed E-state index contributed by atoms with van der Waals surface area (Å²) in [5.74, 6) is 1.29. The van der Waals surface area contributed by atoms with Gasteiger partial charge in [-0.1, -0.05) is 29.8 Å². The molecule has 132 valence electrons. The lowest BCUT2D eigenvalue weighted by Crippen LogP contribution is -2.34. The van der Waals surface area contributed by atoms with Crippen molar-refractivity contribution in [2.45, 2.75) is 25.8 Å². The van der Waals surface area contributed by atoms with Crippen molar-refractivity contribution in [2.24, 2.45) is 0 Å². The molecule has 1 aliphatic heterocycles. The van der Waals surface area contributed by atoms with E-state index in [1.165, 1.54) is 11.1 Å². The van der Waals surface area contributed by atoms with Gasteiger partial charge in [-0.15, -0.1) is 0 Å². The number of anilines is 1. The largest absolute Gasteiger partial charge is 0.497 e.